The van der Waals surface area contributed by atoms with Gasteiger partial charge in [0, 0.05) is 11.8 Å². The summed E-state index contributed by atoms with van der Waals surface area (Å²) in [6.45, 7) is 11.6. The van der Waals surface area contributed by atoms with Gasteiger partial charge >= 0.3 is 0 Å². The van der Waals surface area contributed by atoms with Gasteiger partial charge in [0.1, 0.15) is 0 Å². The minimum Gasteiger partial charge on any atom is -0.212 e. The van der Waals surface area contributed by atoms with E-state index < -0.39 is 20.7 Å². The van der Waals surface area contributed by atoms with E-state index >= 15 is 0 Å². The summed E-state index contributed by atoms with van der Waals surface area (Å²) < 4.78 is 25.7. The van der Waals surface area contributed by atoms with Gasteiger partial charge in [-0.25, -0.2) is 8.42 Å². The highest BCUT2D eigenvalue weighted by Gasteiger charge is 2.35. The summed E-state index contributed by atoms with van der Waals surface area (Å²) in [7, 11) is -1.64. The molecule has 0 aliphatic rings. The van der Waals surface area contributed by atoms with Gasteiger partial charge in [-0.2, -0.15) is 4.08 Å². The Balaban J connectivity index is 5.17. The molecule has 0 fully saturated rings. The SMILES string of the molecule is CCC(C)(C)SP(C)(=S)N(C)S(=O)(=O)C(C)C. The van der Waals surface area contributed by atoms with Crippen LogP contribution in [0.2, 0.25) is 0 Å². The van der Waals surface area contributed by atoms with Gasteiger partial charge in [0.15, 0.2) is 0 Å². The van der Waals surface area contributed by atoms with Crippen LogP contribution in [0.5, 0.6) is 0 Å². The predicted octanol–water partition coefficient (Wildman–Crippen LogP) is 3.52. The van der Waals surface area contributed by atoms with Gasteiger partial charge in [0.2, 0.25) is 10.0 Å². The molecule has 0 spiro atoms. The van der Waals surface area contributed by atoms with Crippen molar-refractivity contribution in [1.82, 2.24) is 4.08 Å². The quantitative estimate of drug-likeness (QED) is 0.703. The lowest BCUT2D eigenvalue weighted by molar-refractivity contribution is 0.553. The van der Waals surface area contributed by atoms with E-state index in [0.717, 1.165) is 6.42 Å². The summed E-state index contributed by atoms with van der Waals surface area (Å²) in [5.41, 5.74) is 0. The highest BCUT2D eigenvalue weighted by molar-refractivity contribution is 8.71. The topological polar surface area (TPSA) is 37.4 Å². The Kier molecular flexibility index (Phi) is 6.23. The highest BCUT2D eigenvalue weighted by Crippen LogP contribution is 2.64. The highest BCUT2D eigenvalue weighted by atomic mass is 32.9. The second-order valence-corrected chi connectivity index (χ2v) is 16.8. The first kappa shape index (κ1) is 17.9. The summed E-state index contributed by atoms with van der Waals surface area (Å²) >= 11 is 7.20. The third-order valence-corrected chi connectivity index (χ3v) is 13.7. The van der Waals surface area contributed by atoms with E-state index in [1.807, 2.05) is 6.66 Å². The van der Waals surface area contributed by atoms with Gasteiger partial charge in [-0.1, -0.05) is 32.6 Å². The van der Waals surface area contributed by atoms with E-state index in [9.17, 15) is 8.42 Å². The molecule has 0 bridgehead atoms. The van der Waals surface area contributed by atoms with E-state index in [0.29, 0.717) is 0 Å². The molecule has 0 amide bonds. The molecule has 0 N–H and O–H groups in total. The van der Waals surface area contributed by atoms with E-state index in [4.69, 9.17) is 11.8 Å². The third-order valence-electron chi connectivity index (χ3n) is 2.74. The molecule has 0 aromatic rings. The second kappa shape index (κ2) is 5.91. The van der Waals surface area contributed by atoms with Gasteiger partial charge in [-0.15, -0.1) is 11.4 Å². The van der Waals surface area contributed by atoms with E-state index in [2.05, 4.69) is 20.8 Å². The summed E-state index contributed by atoms with van der Waals surface area (Å²) in [4.78, 5) is 0. The molecular formula is C10H24NO2PS3. The van der Waals surface area contributed by atoms with Crippen LogP contribution in [0.1, 0.15) is 41.0 Å². The molecule has 1 atom stereocenters. The Morgan fingerprint density at radius 1 is 1.41 bits per heavy atom. The van der Waals surface area contributed by atoms with Crippen molar-refractivity contribution >= 4 is 38.6 Å². The van der Waals surface area contributed by atoms with Crippen LogP contribution < -0.4 is 0 Å². The minimum atomic E-state index is -3.26. The zero-order chi connectivity index (χ0) is 14.1. The molecule has 0 saturated heterocycles. The molecule has 0 aromatic heterocycles. The second-order valence-electron chi connectivity index (χ2n) is 5.04. The molecule has 0 aliphatic carbocycles. The largest absolute Gasteiger partial charge is 0.220 e. The van der Waals surface area contributed by atoms with Crippen LogP contribution in [0.3, 0.4) is 0 Å². The fraction of sp³-hybridized carbons (Fsp3) is 1.00. The zero-order valence-corrected chi connectivity index (χ0v) is 15.1. The first-order chi connectivity index (χ1) is 7.37. The lowest BCUT2D eigenvalue weighted by Gasteiger charge is -2.34. The van der Waals surface area contributed by atoms with Crippen molar-refractivity contribution in [1.29, 1.82) is 0 Å². The Morgan fingerprint density at radius 2 is 1.82 bits per heavy atom. The lowest BCUT2D eigenvalue weighted by atomic mass is 10.1. The molecule has 0 saturated carbocycles. The van der Waals surface area contributed by atoms with E-state index in [-0.39, 0.29) is 4.75 Å². The van der Waals surface area contributed by atoms with Crippen molar-refractivity contribution in [3.63, 3.8) is 0 Å². The average Bonchev–Trinajstić information content (AvgIpc) is 2.14. The maximum Gasteiger partial charge on any atom is 0.220 e. The van der Waals surface area contributed by atoms with Crippen LogP contribution in [0, 0.1) is 0 Å². The molecule has 0 aromatic carbocycles. The fourth-order valence-corrected chi connectivity index (χ4v) is 12.4. The van der Waals surface area contributed by atoms with Crippen molar-refractivity contribution in [2.24, 2.45) is 0 Å². The molecule has 17 heavy (non-hydrogen) atoms. The molecule has 1 unspecified atom stereocenters. The minimum absolute atomic E-state index is 0.0189. The number of hydrogen-bond donors (Lipinski definition) is 0. The molecule has 0 aliphatic heterocycles. The first-order valence-corrected chi connectivity index (χ1v) is 11.8. The van der Waals surface area contributed by atoms with Crippen molar-refractivity contribution in [3.8, 4) is 0 Å². The third kappa shape index (κ3) is 4.83. The van der Waals surface area contributed by atoms with E-state index in [1.165, 1.54) is 4.08 Å². The van der Waals surface area contributed by atoms with Crippen molar-refractivity contribution in [3.05, 3.63) is 0 Å². The standard InChI is InChI=1S/C10H24NO2PS3/c1-8-10(4,5)16-14(7,15)11(6)17(12,13)9(2)3/h9H,8H2,1-7H3. The van der Waals surface area contributed by atoms with Crippen LogP contribution in [0.4, 0.5) is 0 Å². The van der Waals surface area contributed by atoms with Crippen LogP contribution >= 0.6 is 16.8 Å². The zero-order valence-electron chi connectivity index (χ0n) is 11.7. The molecule has 0 rings (SSSR count). The van der Waals surface area contributed by atoms with Crippen LogP contribution in [0.15, 0.2) is 0 Å². The monoisotopic (exact) mass is 317 g/mol. The number of nitrogens with zero attached hydrogens (tertiary/aromatic N) is 1. The molecule has 7 heteroatoms. The normalized spacial score (nSPS) is 17.5. The Labute approximate surface area is 116 Å². The first-order valence-electron chi connectivity index (χ1n) is 5.63. The lowest BCUT2D eigenvalue weighted by Crippen LogP contribution is -2.30. The Hall–Kier alpha value is 0.910. The smallest absolute Gasteiger partial charge is 0.212 e. The maximum absolute atomic E-state index is 12.1. The molecular weight excluding hydrogens is 293 g/mol. The average molecular weight is 317 g/mol. The van der Waals surface area contributed by atoms with Crippen molar-refractivity contribution < 1.29 is 8.42 Å². The molecule has 0 radical (unpaired) electrons. The van der Waals surface area contributed by atoms with Crippen LogP contribution in [-0.4, -0.2) is 36.2 Å². The van der Waals surface area contributed by atoms with Crippen LogP contribution in [0.25, 0.3) is 0 Å². The fourth-order valence-electron chi connectivity index (χ4n) is 1.09. The number of sulfonamides is 1. The predicted molar refractivity (Wildman–Crippen MR) is 84.0 cm³/mol. The summed E-state index contributed by atoms with van der Waals surface area (Å²) in [6, 6.07) is 0. The van der Waals surface area contributed by atoms with Crippen LogP contribution in [-0.2, 0) is 21.8 Å². The van der Waals surface area contributed by atoms with Gasteiger partial charge < -0.3 is 0 Å². The van der Waals surface area contributed by atoms with E-state index in [1.54, 1.807) is 32.3 Å². The summed E-state index contributed by atoms with van der Waals surface area (Å²) in [6.07, 6.45) is 0.972. The molecule has 0 heterocycles. The van der Waals surface area contributed by atoms with Gasteiger partial charge in [0.25, 0.3) is 0 Å². The van der Waals surface area contributed by atoms with Gasteiger partial charge in [0.05, 0.1) is 10.6 Å². The van der Waals surface area contributed by atoms with Gasteiger partial charge in [-0.3, -0.25) is 0 Å². The Morgan fingerprint density at radius 3 is 2.12 bits per heavy atom. The van der Waals surface area contributed by atoms with Crippen molar-refractivity contribution in [2.45, 2.75) is 51.0 Å². The van der Waals surface area contributed by atoms with Crippen molar-refractivity contribution in [2.75, 3.05) is 13.7 Å². The van der Waals surface area contributed by atoms with Gasteiger partial charge in [-0.05, 0) is 26.9 Å². The Bertz CT molecular complexity index is 404. The molecule has 104 valence electrons. The number of hydrogen-bond acceptors (Lipinski definition) is 4. The maximum atomic E-state index is 12.1. The summed E-state index contributed by atoms with van der Waals surface area (Å²) in [5.74, 6) is 0. The number of rotatable bonds is 6. The summed E-state index contributed by atoms with van der Waals surface area (Å²) in [5, 5.41) is -2.52. The molecule has 3 nitrogen and oxygen atoms in total.